The summed E-state index contributed by atoms with van der Waals surface area (Å²) in [7, 11) is 0. The van der Waals surface area contributed by atoms with E-state index in [1.54, 1.807) is 0 Å². The summed E-state index contributed by atoms with van der Waals surface area (Å²) in [5.74, 6) is 1.01. The van der Waals surface area contributed by atoms with E-state index in [2.05, 4.69) is 27.0 Å². The zero-order valence-corrected chi connectivity index (χ0v) is 13.6. The van der Waals surface area contributed by atoms with Crippen LogP contribution in [0.5, 0.6) is 0 Å². The third-order valence-corrected chi connectivity index (χ3v) is 4.74. The Bertz CT molecular complexity index is 871. The molecule has 130 valence electrons. The van der Waals surface area contributed by atoms with Crippen molar-refractivity contribution >= 4 is 11.0 Å². The predicted molar refractivity (Wildman–Crippen MR) is 90.2 cm³/mol. The summed E-state index contributed by atoms with van der Waals surface area (Å²) in [6.45, 7) is 2.71. The molecular weight excluding hydrogens is 327 g/mol. The van der Waals surface area contributed by atoms with E-state index in [1.807, 2.05) is 18.2 Å². The van der Waals surface area contributed by atoms with Gasteiger partial charge in [-0.05, 0) is 36.7 Å². The molecule has 0 radical (unpaired) electrons. The van der Waals surface area contributed by atoms with Crippen molar-refractivity contribution in [1.82, 2.24) is 14.9 Å². The molecule has 0 amide bonds. The number of fused-ring (bicyclic) bond motifs is 1. The molecular formula is C19H18F3N3. The van der Waals surface area contributed by atoms with Crippen LogP contribution >= 0.6 is 0 Å². The van der Waals surface area contributed by atoms with Crippen LogP contribution < -0.4 is 0 Å². The van der Waals surface area contributed by atoms with E-state index in [9.17, 15) is 13.2 Å². The minimum absolute atomic E-state index is 0.227. The van der Waals surface area contributed by atoms with Crippen molar-refractivity contribution in [3.05, 3.63) is 65.5 Å². The quantitative estimate of drug-likeness (QED) is 0.754. The zero-order valence-electron chi connectivity index (χ0n) is 13.6. The van der Waals surface area contributed by atoms with Crippen molar-refractivity contribution in [1.29, 1.82) is 0 Å². The summed E-state index contributed by atoms with van der Waals surface area (Å²) < 4.78 is 38.5. The first-order chi connectivity index (χ1) is 12.0. The molecule has 1 aliphatic heterocycles. The number of hydrogen-bond donors (Lipinski definition) is 1. The van der Waals surface area contributed by atoms with Crippen LogP contribution in [0, 0.1) is 0 Å². The van der Waals surface area contributed by atoms with Crippen LogP contribution in [0.3, 0.4) is 0 Å². The van der Waals surface area contributed by atoms with E-state index >= 15 is 0 Å². The van der Waals surface area contributed by atoms with Crippen LogP contribution in [0.2, 0.25) is 0 Å². The van der Waals surface area contributed by atoms with Crippen LogP contribution in [0.1, 0.15) is 29.3 Å². The lowest BCUT2D eigenvalue weighted by atomic mass is 10.1. The van der Waals surface area contributed by atoms with E-state index in [-0.39, 0.29) is 5.92 Å². The molecule has 0 unspecified atom stereocenters. The van der Waals surface area contributed by atoms with Gasteiger partial charge in [-0.15, -0.1) is 0 Å². The highest BCUT2D eigenvalue weighted by Crippen LogP contribution is 2.32. The van der Waals surface area contributed by atoms with Crippen LogP contribution in [0.4, 0.5) is 13.2 Å². The standard InChI is InChI=1S/C19H18F3N3/c20-19(21,22)15-6-7-16-17(10-15)24-18(23-16)14-8-9-25(12-14)11-13-4-2-1-3-5-13/h1-7,10,14H,8-9,11-12H2,(H,23,24)/t14-/m0/s1. The summed E-state index contributed by atoms with van der Waals surface area (Å²) in [6, 6.07) is 13.9. The lowest BCUT2D eigenvalue weighted by Gasteiger charge is -2.15. The maximum absolute atomic E-state index is 12.8. The van der Waals surface area contributed by atoms with E-state index in [0.29, 0.717) is 11.0 Å². The number of H-pyrrole nitrogens is 1. The van der Waals surface area contributed by atoms with Crippen LogP contribution in [-0.4, -0.2) is 28.0 Å². The Balaban J connectivity index is 1.50. The van der Waals surface area contributed by atoms with Crippen LogP contribution in [0.15, 0.2) is 48.5 Å². The number of rotatable bonds is 3. The number of likely N-dealkylation sites (tertiary alicyclic amines) is 1. The topological polar surface area (TPSA) is 31.9 Å². The Hall–Kier alpha value is -2.34. The van der Waals surface area contributed by atoms with E-state index in [1.165, 1.54) is 11.6 Å². The van der Waals surface area contributed by atoms with Gasteiger partial charge in [0.05, 0.1) is 16.6 Å². The zero-order chi connectivity index (χ0) is 17.4. The Morgan fingerprint density at radius 2 is 1.92 bits per heavy atom. The highest BCUT2D eigenvalue weighted by atomic mass is 19.4. The lowest BCUT2D eigenvalue weighted by molar-refractivity contribution is -0.137. The normalized spacial score (nSPS) is 18.9. The minimum atomic E-state index is -4.33. The molecule has 1 aromatic heterocycles. The second kappa shape index (κ2) is 6.19. The van der Waals surface area contributed by atoms with Gasteiger partial charge in [0.2, 0.25) is 0 Å². The van der Waals surface area contributed by atoms with Gasteiger partial charge in [-0.1, -0.05) is 30.3 Å². The molecule has 6 heteroatoms. The number of nitrogens with one attached hydrogen (secondary N) is 1. The van der Waals surface area contributed by atoms with Gasteiger partial charge in [-0.2, -0.15) is 13.2 Å². The van der Waals surface area contributed by atoms with Gasteiger partial charge in [0.15, 0.2) is 0 Å². The molecule has 0 bridgehead atoms. The monoisotopic (exact) mass is 345 g/mol. The highest BCUT2D eigenvalue weighted by Gasteiger charge is 2.31. The van der Waals surface area contributed by atoms with Crippen molar-refractivity contribution < 1.29 is 13.2 Å². The smallest absolute Gasteiger partial charge is 0.342 e. The van der Waals surface area contributed by atoms with E-state index in [0.717, 1.165) is 44.0 Å². The molecule has 0 spiro atoms. The highest BCUT2D eigenvalue weighted by molar-refractivity contribution is 5.76. The molecule has 4 rings (SSSR count). The number of halogens is 3. The Morgan fingerprint density at radius 1 is 1.12 bits per heavy atom. The molecule has 1 fully saturated rings. The van der Waals surface area contributed by atoms with Gasteiger partial charge in [-0.3, -0.25) is 4.90 Å². The minimum Gasteiger partial charge on any atom is -0.342 e. The number of benzene rings is 2. The van der Waals surface area contributed by atoms with E-state index < -0.39 is 11.7 Å². The first kappa shape index (κ1) is 16.1. The summed E-state index contributed by atoms with van der Waals surface area (Å²) >= 11 is 0. The van der Waals surface area contributed by atoms with Crippen molar-refractivity contribution in [2.24, 2.45) is 0 Å². The predicted octanol–water partition coefficient (Wildman–Crippen LogP) is 4.57. The fourth-order valence-electron chi connectivity index (χ4n) is 3.44. The summed E-state index contributed by atoms with van der Waals surface area (Å²) in [6.07, 6.45) is -3.38. The van der Waals surface area contributed by atoms with Crippen molar-refractivity contribution in [2.45, 2.75) is 25.1 Å². The Kier molecular flexibility index (Phi) is 4.00. The third kappa shape index (κ3) is 3.39. The summed E-state index contributed by atoms with van der Waals surface area (Å²) in [5.41, 5.74) is 1.66. The first-order valence-electron chi connectivity index (χ1n) is 8.32. The van der Waals surface area contributed by atoms with Gasteiger partial charge < -0.3 is 4.98 Å². The largest absolute Gasteiger partial charge is 0.416 e. The average Bonchev–Trinajstić information content (AvgIpc) is 3.20. The third-order valence-electron chi connectivity index (χ3n) is 4.74. The maximum Gasteiger partial charge on any atom is 0.416 e. The van der Waals surface area contributed by atoms with Gasteiger partial charge in [-0.25, -0.2) is 4.98 Å². The fraction of sp³-hybridized carbons (Fsp3) is 0.316. The number of aromatic nitrogens is 2. The van der Waals surface area contributed by atoms with Crippen molar-refractivity contribution in [2.75, 3.05) is 13.1 Å². The molecule has 0 saturated carbocycles. The molecule has 1 N–H and O–H groups in total. The fourth-order valence-corrected chi connectivity index (χ4v) is 3.44. The SMILES string of the molecule is FC(F)(F)c1ccc2nc([C@H]3CCN(Cc4ccccc4)C3)[nH]c2c1. The van der Waals surface area contributed by atoms with Crippen LogP contribution in [0.25, 0.3) is 11.0 Å². The molecule has 1 saturated heterocycles. The van der Waals surface area contributed by atoms with Crippen molar-refractivity contribution in [3.63, 3.8) is 0 Å². The second-order valence-electron chi connectivity index (χ2n) is 6.56. The maximum atomic E-state index is 12.8. The summed E-state index contributed by atoms with van der Waals surface area (Å²) in [4.78, 5) is 9.96. The Morgan fingerprint density at radius 3 is 2.68 bits per heavy atom. The van der Waals surface area contributed by atoms with Gasteiger partial charge in [0, 0.05) is 19.0 Å². The number of aromatic amines is 1. The number of imidazole rings is 1. The first-order valence-corrected chi connectivity index (χ1v) is 8.32. The molecule has 0 aliphatic carbocycles. The number of nitrogens with zero attached hydrogens (tertiary/aromatic N) is 2. The van der Waals surface area contributed by atoms with Gasteiger partial charge >= 0.3 is 6.18 Å². The van der Waals surface area contributed by atoms with E-state index in [4.69, 9.17) is 0 Å². The molecule has 2 aromatic carbocycles. The molecule has 3 nitrogen and oxygen atoms in total. The summed E-state index contributed by atoms with van der Waals surface area (Å²) in [5, 5.41) is 0. The van der Waals surface area contributed by atoms with Gasteiger partial charge in [0.25, 0.3) is 0 Å². The van der Waals surface area contributed by atoms with Crippen LogP contribution in [-0.2, 0) is 12.7 Å². The molecule has 2 heterocycles. The molecule has 1 aliphatic rings. The Labute approximate surface area is 143 Å². The number of hydrogen-bond acceptors (Lipinski definition) is 2. The second-order valence-corrected chi connectivity index (χ2v) is 6.56. The molecule has 1 atom stereocenters. The average molecular weight is 345 g/mol. The van der Waals surface area contributed by atoms with Gasteiger partial charge in [0.1, 0.15) is 5.82 Å². The van der Waals surface area contributed by atoms with Crippen molar-refractivity contribution in [3.8, 4) is 0 Å². The lowest BCUT2D eigenvalue weighted by Crippen LogP contribution is -2.19. The number of alkyl halides is 3. The molecule has 25 heavy (non-hydrogen) atoms. The molecule has 3 aromatic rings.